The van der Waals surface area contributed by atoms with Gasteiger partial charge in [0.05, 0.1) is 7.11 Å². The van der Waals surface area contributed by atoms with E-state index in [0.717, 1.165) is 0 Å². The van der Waals surface area contributed by atoms with Crippen LogP contribution in [0, 0.1) is 11.8 Å². The van der Waals surface area contributed by atoms with Gasteiger partial charge in [0.15, 0.2) is 0 Å². The van der Waals surface area contributed by atoms with Crippen LogP contribution < -0.4 is 9.46 Å². The van der Waals surface area contributed by atoms with E-state index in [1.165, 1.54) is 13.2 Å². The molecule has 0 saturated heterocycles. The first-order chi connectivity index (χ1) is 9.75. The number of nitrogens with one attached hydrogen (secondary N) is 1. The monoisotopic (exact) mass is 311 g/mol. The SMILES string of the molecule is CCC(C)(C)NS(=O)(=O)c1cc(C#CCO)ccc1OC. The van der Waals surface area contributed by atoms with Crippen molar-refractivity contribution in [3.8, 4) is 17.6 Å². The molecule has 0 atom stereocenters. The number of ether oxygens (including phenoxy) is 1. The van der Waals surface area contributed by atoms with Crippen molar-refractivity contribution in [2.75, 3.05) is 13.7 Å². The van der Waals surface area contributed by atoms with E-state index in [9.17, 15) is 8.42 Å². The third-order valence-corrected chi connectivity index (χ3v) is 4.78. The summed E-state index contributed by atoms with van der Waals surface area (Å²) in [6.07, 6.45) is 0.651. The molecular weight excluding hydrogens is 290 g/mol. The molecule has 0 aromatic heterocycles. The number of hydrogen-bond donors (Lipinski definition) is 2. The fraction of sp³-hybridized carbons (Fsp3) is 0.467. The standard InChI is InChI=1S/C15H21NO4S/c1-5-15(2,3)16-21(18,19)14-11-12(7-6-10-17)8-9-13(14)20-4/h8-9,11,16-17H,5,10H2,1-4H3. The first-order valence-corrected chi connectivity index (χ1v) is 8.06. The molecule has 116 valence electrons. The molecule has 0 aliphatic carbocycles. The zero-order valence-corrected chi connectivity index (χ0v) is 13.5. The lowest BCUT2D eigenvalue weighted by Crippen LogP contribution is -2.42. The number of methoxy groups -OCH3 is 1. The molecule has 1 rings (SSSR count). The van der Waals surface area contributed by atoms with Gasteiger partial charge in [-0.15, -0.1) is 0 Å². The van der Waals surface area contributed by atoms with Gasteiger partial charge in [-0.1, -0.05) is 18.8 Å². The maximum atomic E-state index is 12.5. The van der Waals surface area contributed by atoms with Gasteiger partial charge in [0.25, 0.3) is 0 Å². The van der Waals surface area contributed by atoms with E-state index in [2.05, 4.69) is 16.6 Å². The molecule has 1 aromatic rings. The van der Waals surface area contributed by atoms with Crippen molar-refractivity contribution in [3.63, 3.8) is 0 Å². The second-order valence-corrected chi connectivity index (χ2v) is 6.82. The maximum Gasteiger partial charge on any atom is 0.244 e. The Kier molecular flexibility index (Phi) is 5.78. The van der Waals surface area contributed by atoms with Crippen molar-refractivity contribution in [1.29, 1.82) is 0 Å². The summed E-state index contributed by atoms with van der Waals surface area (Å²) in [6, 6.07) is 4.63. The predicted molar refractivity (Wildman–Crippen MR) is 81.6 cm³/mol. The molecule has 2 N–H and O–H groups in total. The molecule has 0 aliphatic heterocycles. The molecule has 0 radical (unpaired) electrons. The third-order valence-electron chi connectivity index (χ3n) is 3.06. The molecule has 0 unspecified atom stereocenters. The van der Waals surface area contributed by atoms with E-state index in [0.29, 0.717) is 12.0 Å². The lowest BCUT2D eigenvalue weighted by molar-refractivity contribution is 0.350. The highest BCUT2D eigenvalue weighted by Gasteiger charge is 2.27. The van der Waals surface area contributed by atoms with Crippen molar-refractivity contribution in [3.05, 3.63) is 23.8 Å². The number of aliphatic hydroxyl groups is 1. The maximum absolute atomic E-state index is 12.5. The Bertz CT molecular complexity index is 654. The van der Waals surface area contributed by atoms with Gasteiger partial charge in [0, 0.05) is 11.1 Å². The van der Waals surface area contributed by atoms with E-state index in [-0.39, 0.29) is 17.3 Å². The second kappa shape index (κ2) is 6.94. The molecule has 0 fully saturated rings. The number of rotatable bonds is 5. The van der Waals surface area contributed by atoms with Crippen LogP contribution >= 0.6 is 0 Å². The Balaban J connectivity index is 3.32. The molecule has 5 nitrogen and oxygen atoms in total. The Morgan fingerprint density at radius 2 is 2.05 bits per heavy atom. The van der Waals surface area contributed by atoms with E-state index in [4.69, 9.17) is 9.84 Å². The fourth-order valence-corrected chi connectivity index (χ4v) is 3.28. The van der Waals surface area contributed by atoms with Gasteiger partial charge >= 0.3 is 0 Å². The lowest BCUT2D eigenvalue weighted by Gasteiger charge is -2.24. The van der Waals surface area contributed by atoms with Gasteiger partial charge in [-0.2, -0.15) is 0 Å². The van der Waals surface area contributed by atoms with Gasteiger partial charge in [-0.05, 0) is 38.5 Å². The van der Waals surface area contributed by atoms with Crippen LogP contribution in [0.3, 0.4) is 0 Å². The summed E-state index contributed by atoms with van der Waals surface area (Å²) in [4.78, 5) is 0.0382. The van der Waals surface area contributed by atoms with E-state index < -0.39 is 15.6 Å². The van der Waals surface area contributed by atoms with Gasteiger partial charge in [-0.3, -0.25) is 0 Å². The van der Waals surface area contributed by atoms with E-state index in [1.807, 2.05) is 20.8 Å². The first kappa shape index (κ1) is 17.5. The van der Waals surface area contributed by atoms with Gasteiger partial charge in [0.2, 0.25) is 10.0 Å². The summed E-state index contributed by atoms with van der Waals surface area (Å²) in [5, 5.41) is 8.71. The zero-order chi connectivity index (χ0) is 16.1. The van der Waals surface area contributed by atoms with Crippen LogP contribution in [0.25, 0.3) is 0 Å². The highest BCUT2D eigenvalue weighted by Crippen LogP contribution is 2.26. The summed E-state index contributed by atoms with van der Waals surface area (Å²) >= 11 is 0. The lowest BCUT2D eigenvalue weighted by atomic mass is 10.0. The van der Waals surface area contributed by atoms with Gasteiger partial charge < -0.3 is 9.84 Å². The van der Waals surface area contributed by atoms with Crippen LogP contribution in [0.5, 0.6) is 5.75 Å². The largest absolute Gasteiger partial charge is 0.495 e. The molecule has 0 aliphatic rings. The minimum atomic E-state index is -3.73. The van der Waals surface area contributed by atoms with Crippen molar-refractivity contribution in [1.82, 2.24) is 4.72 Å². The predicted octanol–water partition coefficient (Wildman–Crippen LogP) is 1.51. The first-order valence-electron chi connectivity index (χ1n) is 6.57. The van der Waals surface area contributed by atoms with Crippen LogP contribution in [-0.2, 0) is 10.0 Å². The average molecular weight is 311 g/mol. The molecule has 21 heavy (non-hydrogen) atoms. The Labute approximate surface area is 126 Å². The summed E-state index contributed by atoms with van der Waals surface area (Å²) in [7, 11) is -2.31. The average Bonchev–Trinajstić information content (AvgIpc) is 2.43. The topological polar surface area (TPSA) is 75.6 Å². The number of sulfonamides is 1. The van der Waals surface area contributed by atoms with Crippen molar-refractivity contribution in [2.45, 2.75) is 37.6 Å². The van der Waals surface area contributed by atoms with Crippen LogP contribution in [-0.4, -0.2) is 32.8 Å². The van der Waals surface area contributed by atoms with Crippen molar-refractivity contribution in [2.24, 2.45) is 0 Å². The quantitative estimate of drug-likeness (QED) is 0.808. The number of aliphatic hydroxyl groups excluding tert-OH is 1. The van der Waals surface area contributed by atoms with Crippen LogP contribution in [0.15, 0.2) is 23.1 Å². The van der Waals surface area contributed by atoms with Crippen LogP contribution in [0.4, 0.5) is 0 Å². The zero-order valence-electron chi connectivity index (χ0n) is 12.7. The molecule has 0 bridgehead atoms. The third kappa shape index (κ3) is 4.74. The summed E-state index contributed by atoms with van der Waals surface area (Å²) in [5.74, 6) is 5.43. The summed E-state index contributed by atoms with van der Waals surface area (Å²) in [6.45, 7) is 5.25. The minimum absolute atomic E-state index is 0.0382. The number of hydrogen-bond acceptors (Lipinski definition) is 4. The molecular formula is C15H21NO4S. The van der Waals surface area contributed by atoms with E-state index >= 15 is 0 Å². The Morgan fingerprint density at radius 3 is 2.57 bits per heavy atom. The molecule has 0 saturated carbocycles. The fourth-order valence-electron chi connectivity index (χ4n) is 1.60. The summed E-state index contributed by atoms with van der Waals surface area (Å²) in [5.41, 5.74) is -0.0593. The normalized spacial score (nSPS) is 11.7. The smallest absolute Gasteiger partial charge is 0.244 e. The van der Waals surface area contributed by atoms with Crippen molar-refractivity contribution >= 4 is 10.0 Å². The summed E-state index contributed by atoms with van der Waals surface area (Å²) < 4.78 is 32.8. The highest BCUT2D eigenvalue weighted by molar-refractivity contribution is 7.89. The minimum Gasteiger partial charge on any atom is -0.495 e. The Morgan fingerprint density at radius 1 is 1.38 bits per heavy atom. The van der Waals surface area contributed by atoms with E-state index in [1.54, 1.807) is 12.1 Å². The van der Waals surface area contributed by atoms with Gasteiger partial charge in [0.1, 0.15) is 17.3 Å². The molecule has 1 aromatic carbocycles. The molecule has 6 heteroatoms. The van der Waals surface area contributed by atoms with Crippen LogP contribution in [0.1, 0.15) is 32.8 Å². The number of benzene rings is 1. The molecule has 0 heterocycles. The van der Waals surface area contributed by atoms with Crippen molar-refractivity contribution < 1.29 is 18.3 Å². The molecule has 0 spiro atoms. The van der Waals surface area contributed by atoms with Crippen LogP contribution in [0.2, 0.25) is 0 Å². The second-order valence-electron chi connectivity index (χ2n) is 5.17. The highest BCUT2D eigenvalue weighted by atomic mass is 32.2. The van der Waals surface area contributed by atoms with Gasteiger partial charge in [-0.25, -0.2) is 13.1 Å². The molecule has 0 amide bonds. The Hall–Kier alpha value is -1.55.